The Bertz CT molecular complexity index is 1100. The fourth-order valence-corrected chi connectivity index (χ4v) is 5.00. The van der Waals surface area contributed by atoms with Crippen LogP contribution in [0.3, 0.4) is 0 Å². The number of amides is 5. The van der Waals surface area contributed by atoms with Crippen LogP contribution in [0.25, 0.3) is 0 Å². The summed E-state index contributed by atoms with van der Waals surface area (Å²) in [5.41, 5.74) is 1.43. The van der Waals surface area contributed by atoms with Crippen molar-refractivity contribution in [1.29, 1.82) is 0 Å². The molecule has 1 saturated carbocycles. The van der Waals surface area contributed by atoms with Gasteiger partial charge in [-0.05, 0) is 49.6 Å². The van der Waals surface area contributed by atoms with Gasteiger partial charge in [0.05, 0.1) is 29.4 Å². The summed E-state index contributed by atoms with van der Waals surface area (Å²) in [5, 5.41) is 5.90. The lowest BCUT2D eigenvalue weighted by Gasteiger charge is -2.46. The average molecular weight is 501 g/mol. The molecular formula is C25H29ClN4O5. The van der Waals surface area contributed by atoms with Gasteiger partial charge in [0, 0.05) is 19.0 Å². The number of anilines is 1. The number of halogens is 1. The number of urea groups is 1. The Hall–Kier alpha value is -3.33. The number of hydrogen-bond donors (Lipinski definition) is 2. The van der Waals surface area contributed by atoms with E-state index in [4.69, 9.17) is 16.0 Å². The van der Waals surface area contributed by atoms with E-state index in [2.05, 4.69) is 10.6 Å². The molecule has 2 N–H and O–H groups in total. The first-order valence-electron chi connectivity index (χ1n) is 11.8. The van der Waals surface area contributed by atoms with Crippen LogP contribution in [0.2, 0.25) is 5.02 Å². The molecule has 10 heteroatoms. The fraction of sp³-hybridized carbons (Fsp3) is 0.440. The number of benzene rings is 1. The molecule has 186 valence electrons. The monoisotopic (exact) mass is 500 g/mol. The molecule has 4 rings (SSSR count). The molecular weight excluding hydrogens is 472 g/mol. The summed E-state index contributed by atoms with van der Waals surface area (Å²) in [4.78, 5) is 54.2. The van der Waals surface area contributed by atoms with Gasteiger partial charge in [-0.2, -0.15) is 0 Å². The van der Waals surface area contributed by atoms with Gasteiger partial charge >= 0.3 is 6.03 Å². The van der Waals surface area contributed by atoms with E-state index in [1.54, 1.807) is 24.3 Å². The van der Waals surface area contributed by atoms with Crippen molar-refractivity contribution >= 4 is 41.0 Å². The standard InChI is InChI=1S/C25H29ClN4O5/c1-16-8-9-20(19(26)13-16)28-23(32)15-30-21-7-3-2-6-18(21)24(33)29(25(30)34)11-10-22(31)27-14-17-5-4-12-35-17/h4-5,8-9,12-13,18,21H,2-3,6-7,10-11,14-15H2,1H3,(H,27,31)(H,28,32). The van der Waals surface area contributed by atoms with Crippen LogP contribution in [-0.4, -0.2) is 52.7 Å². The van der Waals surface area contributed by atoms with Gasteiger partial charge < -0.3 is 20.0 Å². The largest absolute Gasteiger partial charge is 0.467 e. The molecule has 1 aliphatic carbocycles. The third-order valence-electron chi connectivity index (χ3n) is 6.50. The van der Waals surface area contributed by atoms with Crippen LogP contribution in [0.15, 0.2) is 41.0 Å². The van der Waals surface area contributed by atoms with Gasteiger partial charge in [0.15, 0.2) is 0 Å². The van der Waals surface area contributed by atoms with Crippen LogP contribution < -0.4 is 10.6 Å². The van der Waals surface area contributed by atoms with Crippen molar-refractivity contribution in [3.8, 4) is 0 Å². The molecule has 2 atom stereocenters. The summed E-state index contributed by atoms with van der Waals surface area (Å²) in [7, 11) is 0. The number of carbonyl (C=O) groups is 4. The molecule has 9 nitrogen and oxygen atoms in total. The lowest BCUT2D eigenvalue weighted by atomic mass is 9.81. The van der Waals surface area contributed by atoms with E-state index in [0.29, 0.717) is 29.3 Å². The second-order valence-electron chi connectivity index (χ2n) is 9.00. The molecule has 1 aromatic carbocycles. The summed E-state index contributed by atoms with van der Waals surface area (Å²) in [6.45, 7) is 1.88. The molecule has 35 heavy (non-hydrogen) atoms. The van der Waals surface area contributed by atoms with Crippen molar-refractivity contribution in [2.75, 3.05) is 18.4 Å². The van der Waals surface area contributed by atoms with Crippen LogP contribution in [-0.2, 0) is 20.9 Å². The number of nitrogens with zero attached hydrogens (tertiary/aromatic N) is 2. The minimum atomic E-state index is -0.540. The SMILES string of the molecule is Cc1ccc(NC(=O)CN2C(=O)N(CCC(=O)NCc3ccco3)C(=O)C3CCCCC32)c(Cl)c1. The summed E-state index contributed by atoms with van der Waals surface area (Å²) in [6.07, 6.45) is 4.58. The summed E-state index contributed by atoms with van der Waals surface area (Å²) < 4.78 is 5.19. The molecule has 2 heterocycles. The van der Waals surface area contributed by atoms with E-state index in [-0.39, 0.29) is 55.7 Å². The van der Waals surface area contributed by atoms with Crippen LogP contribution in [0.5, 0.6) is 0 Å². The third-order valence-corrected chi connectivity index (χ3v) is 6.82. The Kier molecular flexibility index (Phi) is 7.75. The van der Waals surface area contributed by atoms with Gasteiger partial charge in [-0.25, -0.2) is 4.79 Å². The van der Waals surface area contributed by atoms with Crippen molar-refractivity contribution in [3.05, 3.63) is 52.9 Å². The molecule has 0 bridgehead atoms. The predicted molar refractivity (Wildman–Crippen MR) is 130 cm³/mol. The Morgan fingerprint density at radius 2 is 1.94 bits per heavy atom. The van der Waals surface area contributed by atoms with Gasteiger partial charge in [0.2, 0.25) is 17.7 Å². The van der Waals surface area contributed by atoms with Crippen LogP contribution in [0, 0.1) is 12.8 Å². The highest BCUT2D eigenvalue weighted by molar-refractivity contribution is 6.33. The van der Waals surface area contributed by atoms with Crippen molar-refractivity contribution in [2.24, 2.45) is 5.92 Å². The van der Waals surface area contributed by atoms with Crippen molar-refractivity contribution in [2.45, 2.75) is 51.6 Å². The molecule has 2 unspecified atom stereocenters. The van der Waals surface area contributed by atoms with E-state index in [1.807, 2.05) is 13.0 Å². The quantitative estimate of drug-likeness (QED) is 0.574. The zero-order valence-electron chi connectivity index (χ0n) is 19.6. The molecule has 2 aromatic rings. The highest BCUT2D eigenvalue weighted by Crippen LogP contribution is 2.34. The first-order valence-corrected chi connectivity index (χ1v) is 12.2. The zero-order valence-corrected chi connectivity index (χ0v) is 20.3. The number of aryl methyl sites for hydroxylation is 1. The number of imide groups is 1. The Labute approximate surface area is 208 Å². The first-order chi connectivity index (χ1) is 16.8. The maximum atomic E-state index is 13.3. The summed E-state index contributed by atoms with van der Waals surface area (Å²) >= 11 is 6.24. The van der Waals surface area contributed by atoms with Crippen LogP contribution in [0.4, 0.5) is 10.5 Å². The van der Waals surface area contributed by atoms with Gasteiger partial charge in [-0.3, -0.25) is 19.3 Å². The second-order valence-corrected chi connectivity index (χ2v) is 9.40. The maximum absolute atomic E-state index is 13.3. The van der Waals surface area contributed by atoms with E-state index in [1.165, 1.54) is 11.2 Å². The number of fused-ring (bicyclic) bond motifs is 1. The molecule has 2 fully saturated rings. The Balaban J connectivity index is 1.41. The van der Waals surface area contributed by atoms with Crippen molar-refractivity contribution in [1.82, 2.24) is 15.1 Å². The summed E-state index contributed by atoms with van der Waals surface area (Å²) in [5.74, 6) is -0.718. The minimum absolute atomic E-state index is 0.0331. The number of furan rings is 1. The summed E-state index contributed by atoms with van der Waals surface area (Å²) in [6, 6.07) is 7.90. The van der Waals surface area contributed by atoms with Crippen LogP contribution >= 0.6 is 11.6 Å². The van der Waals surface area contributed by atoms with E-state index in [9.17, 15) is 19.2 Å². The number of rotatable bonds is 8. The minimum Gasteiger partial charge on any atom is -0.467 e. The molecule has 1 aliphatic heterocycles. The smallest absolute Gasteiger partial charge is 0.327 e. The molecule has 1 aromatic heterocycles. The Morgan fingerprint density at radius 3 is 2.69 bits per heavy atom. The van der Waals surface area contributed by atoms with Gasteiger partial charge in [0.1, 0.15) is 12.3 Å². The average Bonchev–Trinajstić information content (AvgIpc) is 3.36. The predicted octanol–water partition coefficient (Wildman–Crippen LogP) is 3.71. The van der Waals surface area contributed by atoms with E-state index < -0.39 is 6.03 Å². The van der Waals surface area contributed by atoms with Gasteiger partial charge in [-0.1, -0.05) is 30.5 Å². The Morgan fingerprint density at radius 1 is 1.14 bits per heavy atom. The molecule has 1 saturated heterocycles. The highest BCUT2D eigenvalue weighted by Gasteiger charge is 2.47. The normalized spacial score (nSPS) is 19.9. The van der Waals surface area contributed by atoms with E-state index >= 15 is 0 Å². The van der Waals surface area contributed by atoms with Gasteiger partial charge in [0.25, 0.3) is 0 Å². The molecule has 2 aliphatic rings. The van der Waals surface area contributed by atoms with Crippen LogP contribution in [0.1, 0.15) is 43.4 Å². The first kappa shape index (κ1) is 24.8. The highest BCUT2D eigenvalue weighted by atomic mass is 35.5. The second kappa shape index (κ2) is 10.9. The van der Waals surface area contributed by atoms with Gasteiger partial charge in [-0.15, -0.1) is 0 Å². The van der Waals surface area contributed by atoms with E-state index in [0.717, 1.165) is 23.3 Å². The number of hydrogen-bond acceptors (Lipinski definition) is 5. The van der Waals surface area contributed by atoms with Crippen molar-refractivity contribution < 1.29 is 23.6 Å². The third kappa shape index (κ3) is 5.85. The maximum Gasteiger partial charge on any atom is 0.327 e. The number of nitrogens with one attached hydrogen (secondary N) is 2. The molecule has 0 spiro atoms. The zero-order chi connectivity index (χ0) is 24.9. The van der Waals surface area contributed by atoms with Crippen molar-refractivity contribution in [3.63, 3.8) is 0 Å². The topological polar surface area (TPSA) is 112 Å². The lowest BCUT2D eigenvalue weighted by molar-refractivity contribution is -0.142. The molecule has 5 amide bonds. The number of carbonyl (C=O) groups excluding carboxylic acids is 4. The molecule has 0 radical (unpaired) electrons. The fourth-order valence-electron chi connectivity index (χ4n) is 4.72. The lowest BCUT2D eigenvalue weighted by Crippen LogP contribution is -2.63.